The van der Waals surface area contributed by atoms with Gasteiger partial charge in [0, 0.05) is 197 Å². The number of nitrogens with zero attached hydrogens (tertiary/aromatic N) is 25. The molecular weight excluding hydrogens is 2640 g/mol. The molecule has 0 unspecified atom stereocenters. The van der Waals surface area contributed by atoms with E-state index in [2.05, 4.69) is 343 Å². The van der Waals surface area contributed by atoms with E-state index in [1.807, 2.05) is 170 Å². The Bertz CT molecular complexity index is 8160. The summed E-state index contributed by atoms with van der Waals surface area (Å²) in [5, 5.41) is 42.9. The van der Waals surface area contributed by atoms with Crippen LogP contribution >= 0.6 is 0 Å². The molecule has 13 aromatic carbocycles. The van der Waals surface area contributed by atoms with Gasteiger partial charge >= 0.3 is 0 Å². The zero-order valence-corrected chi connectivity index (χ0v) is 92.2. The third kappa shape index (κ3) is 21.0. The van der Waals surface area contributed by atoms with Crippen LogP contribution in [-0.2, 0) is 136 Å². The van der Waals surface area contributed by atoms with Gasteiger partial charge in [-0.3, -0.25) is 24.9 Å². The summed E-state index contributed by atoms with van der Waals surface area (Å²) in [5.74, 6) is 4.62. The number of fused-ring (bicyclic) bond motifs is 5. The molecule has 717 valence electrons. The average Bonchev–Trinajstić information content (AvgIpc) is 1.75. The van der Waals surface area contributed by atoms with Crippen molar-refractivity contribution in [3.8, 4) is 119 Å². The first-order valence-electron chi connectivity index (χ1n) is 44.9. The standard InChI is InChI=1S/C28H20N5.C24H20N5.C22H24N5.C19H18N5.C18H16N5.5Ir/c1-32-18-29-25-17-22(15-16-26(25)32)28-31-30-19-33(28)27-23(20-9-4-2-5-10-20)13-8-14-24(27)21-11-6-3-7-12-21;1-16-11-20(18-7-5-4-6-8-18)12-17(2)23(16)29-15-26-27-24(29)19-9-10-22-21(13-19)25-14-28(22)3;1-14(2)17-7-6-8-18(15(3)4)21(17)27-13-24-25-22(27)16-9-10-20-19(11-16)23-12-26(20)5;1-12-7-13(2)18(14(3)8-12)24-11-21-22-19(24)15-5-6-17-16(9-15)20-10-23(17)4;1-12-5-4-6-13(2)17(12)23-11-20-21-18(23)14-7-8-16-15(9-14)19-10-22(16)3;;;;;/h2-14,16-19H,1H3;4-8,10-15H,1-3H3;6-8,10-15H,1-5H3;6-11H,1-4H3;4-6,8-11H,1-3H3;;;;;/q5*-1;;;;;. The number of imidazole rings is 5. The van der Waals surface area contributed by atoms with Gasteiger partial charge in [-0.05, 0) is 167 Å². The molecule has 23 aromatic rings. The Kier molecular flexibility index (Phi) is 32.7. The van der Waals surface area contributed by atoms with Gasteiger partial charge in [0.2, 0.25) is 0 Å². The van der Waals surface area contributed by atoms with Crippen LogP contribution in [0.5, 0.6) is 0 Å². The molecular formula is C111H98Ir5N25-5. The predicted octanol–water partition coefficient (Wildman–Crippen LogP) is 22.5. The summed E-state index contributed by atoms with van der Waals surface area (Å²) in [5.41, 5.74) is 37.6. The summed E-state index contributed by atoms with van der Waals surface area (Å²) in [6.07, 6.45) is 17.9. The van der Waals surface area contributed by atoms with Crippen LogP contribution in [-0.4, -0.2) is 122 Å². The van der Waals surface area contributed by atoms with Crippen molar-refractivity contribution in [1.29, 1.82) is 0 Å². The molecule has 0 aliphatic carbocycles. The van der Waals surface area contributed by atoms with Gasteiger partial charge < -0.3 is 45.7 Å². The Morgan fingerprint density at radius 2 is 0.482 bits per heavy atom. The van der Waals surface area contributed by atoms with E-state index < -0.39 is 0 Å². The Labute approximate surface area is 885 Å². The summed E-state index contributed by atoms with van der Waals surface area (Å²) in [6.45, 7) is 23.7. The first kappa shape index (κ1) is 103. The third-order valence-corrected chi connectivity index (χ3v) is 24.7. The van der Waals surface area contributed by atoms with Crippen LogP contribution in [0.2, 0.25) is 0 Å². The van der Waals surface area contributed by atoms with Crippen molar-refractivity contribution >= 4 is 55.2 Å². The first-order valence-corrected chi connectivity index (χ1v) is 44.9. The SMILES string of the molecule is CC(C)c1cccc(C(C)C)c1-n1cnnc1-c1[c-]cc2c(c1)ncn2C.Cc1cc(-c2ccccc2)cc(C)c1-n1cnnc1-c1[c-]cc2c(c1)ncn2C.Cc1cc(C)c(-n2cnnc2-c2[c-]cc3c(c2)ncn3C)c(C)c1.Cc1cccc(C)c1-n1cnnc1-c1[c-]cc2c(c1)ncn2C.Cn1cnc2cc(-c3nncn3-c3c(-c4ccccc4)cccc3-c3ccccc3)[c-]cc21.[Ir].[Ir].[Ir].[Ir].[Ir]. The van der Waals surface area contributed by atoms with Crippen molar-refractivity contribution in [3.05, 3.63) is 374 Å². The molecule has 10 aromatic heterocycles. The summed E-state index contributed by atoms with van der Waals surface area (Å²) >= 11 is 0. The number of hydrogen-bond acceptors (Lipinski definition) is 15. The van der Waals surface area contributed by atoms with Gasteiger partial charge in [0.05, 0.1) is 66.4 Å². The molecule has 5 radical (unpaired) electrons. The van der Waals surface area contributed by atoms with Gasteiger partial charge in [-0.2, -0.15) is 25.5 Å². The van der Waals surface area contributed by atoms with Crippen LogP contribution in [0.1, 0.15) is 89.6 Å². The summed E-state index contributed by atoms with van der Waals surface area (Å²) < 4.78 is 20.2. The molecule has 0 fully saturated rings. The molecule has 0 amide bonds. The maximum Gasteiger partial charge on any atom is 0.115 e. The second-order valence-corrected chi connectivity index (χ2v) is 34.8. The number of hydrogen-bond donors (Lipinski definition) is 0. The number of rotatable bonds is 15. The van der Waals surface area contributed by atoms with Gasteiger partial charge in [0.1, 0.15) is 31.6 Å². The van der Waals surface area contributed by atoms with Crippen LogP contribution in [0.15, 0.2) is 294 Å². The van der Waals surface area contributed by atoms with Crippen molar-refractivity contribution in [2.75, 3.05) is 0 Å². The monoisotopic (exact) mass is 2750 g/mol. The topological polar surface area (TPSA) is 243 Å². The molecule has 25 nitrogen and oxygen atoms in total. The Balaban J connectivity index is 0.000000140. The Morgan fingerprint density at radius 1 is 0.234 bits per heavy atom. The molecule has 0 N–H and O–H groups in total. The van der Waals surface area contributed by atoms with Crippen LogP contribution in [0, 0.1) is 78.8 Å². The summed E-state index contributed by atoms with van der Waals surface area (Å²) in [6, 6.07) is 95.8. The largest absolute Gasteiger partial charge is 0.373 e. The molecule has 0 bridgehead atoms. The van der Waals surface area contributed by atoms with E-state index in [9.17, 15) is 0 Å². The van der Waals surface area contributed by atoms with E-state index in [-0.39, 0.29) is 101 Å². The number of para-hydroxylation sites is 3. The number of benzene rings is 13. The minimum Gasteiger partial charge on any atom is -0.373 e. The molecule has 141 heavy (non-hydrogen) atoms. The molecule has 0 spiro atoms. The van der Waals surface area contributed by atoms with Gasteiger partial charge in [-0.25, -0.2) is 0 Å². The van der Waals surface area contributed by atoms with Gasteiger partial charge in [0.25, 0.3) is 0 Å². The molecule has 30 heteroatoms. The molecule has 0 aliphatic heterocycles. The second kappa shape index (κ2) is 44.7. The van der Waals surface area contributed by atoms with Crippen molar-refractivity contribution in [1.82, 2.24) is 122 Å². The van der Waals surface area contributed by atoms with E-state index in [1.165, 1.54) is 66.9 Å². The average molecular weight is 2740 g/mol. The van der Waals surface area contributed by atoms with Gasteiger partial charge in [-0.15, -0.1) is 144 Å². The molecule has 10 heterocycles. The van der Waals surface area contributed by atoms with Crippen LogP contribution in [0.4, 0.5) is 0 Å². The predicted molar refractivity (Wildman–Crippen MR) is 537 cm³/mol. The number of aromatic nitrogens is 25. The van der Waals surface area contributed by atoms with E-state index in [0.29, 0.717) is 11.8 Å². The Hall–Kier alpha value is -13.8. The van der Waals surface area contributed by atoms with Crippen LogP contribution in [0.3, 0.4) is 0 Å². The van der Waals surface area contributed by atoms with Crippen LogP contribution < -0.4 is 0 Å². The summed E-state index contributed by atoms with van der Waals surface area (Å²) in [4.78, 5) is 22.3. The first-order chi connectivity index (χ1) is 66.1. The van der Waals surface area contributed by atoms with Gasteiger partial charge in [-0.1, -0.05) is 191 Å². The second-order valence-electron chi connectivity index (χ2n) is 34.8. The normalized spacial score (nSPS) is 11.0. The fourth-order valence-corrected chi connectivity index (χ4v) is 18.1. The molecule has 23 rings (SSSR count). The van der Waals surface area contributed by atoms with E-state index in [1.54, 1.807) is 44.3 Å². The maximum atomic E-state index is 4.51. The van der Waals surface area contributed by atoms with Crippen molar-refractivity contribution < 1.29 is 101 Å². The Morgan fingerprint density at radius 3 is 0.773 bits per heavy atom. The fraction of sp³-hybridized carbons (Fsp3) is 0.162. The summed E-state index contributed by atoms with van der Waals surface area (Å²) in [7, 11) is 9.89. The third-order valence-electron chi connectivity index (χ3n) is 24.7. The van der Waals surface area contributed by atoms with Crippen molar-refractivity contribution in [3.63, 3.8) is 0 Å². The zero-order valence-electron chi connectivity index (χ0n) is 80.2. The maximum absolute atomic E-state index is 4.51. The molecule has 0 saturated carbocycles. The zero-order chi connectivity index (χ0) is 94.1. The van der Waals surface area contributed by atoms with Crippen LogP contribution in [0.25, 0.3) is 174 Å². The van der Waals surface area contributed by atoms with E-state index in [0.717, 1.165) is 157 Å². The smallest absolute Gasteiger partial charge is 0.115 e. The molecule has 0 atom stereocenters. The molecule has 0 saturated heterocycles. The van der Waals surface area contributed by atoms with Crippen molar-refractivity contribution in [2.24, 2.45) is 35.2 Å². The molecule has 0 aliphatic rings. The minimum absolute atomic E-state index is 0. The quantitative estimate of drug-likeness (QED) is 0.0867. The minimum atomic E-state index is 0. The fourth-order valence-electron chi connectivity index (χ4n) is 18.1. The van der Waals surface area contributed by atoms with Crippen molar-refractivity contribution in [2.45, 2.75) is 88.0 Å². The number of aryl methyl sites for hydroxylation is 12. The van der Waals surface area contributed by atoms with Gasteiger partial charge in [0.15, 0.2) is 0 Å². The van der Waals surface area contributed by atoms with E-state index >= 15 is 0 Å². The van der Waals surface area contributed by atoms with E-state index in [4.69, 9.17) is 0 Å².